The highest BCUT2D eigenvalue weighted by atomic mass is 19.4. The van der Waals surface area contributed by atoms with Crippen LogP contribution in [0.4, 0.5) is 27.6 Å². The van der Waals surface area contributed by atoms with Crippen molar-refractivity contribution in [3.05, 3.63) is 48.2 Å². The molecule has 0 unspecified atom stereocenters. The van der Waals surface area contributed by atoms with E-state index in [9.17, 15) is 22.0 Å². The van der Waals surface area contributed by atoms with E-state index in [1.165, 1.54) is 5.57 Å². The van der Waals surface area contributed by atoms with E-state index in [1.807, 2.05) is 0 Å². The van der Waals surface area contributed by atoms with E-state index < -0.39 is 17.5 Å². The number of benzene rings is 1. The minimum absolute atomic E-state index is 0.0223. The number of allylic oxidation sites excluding steroid dienone is 2. The predicted molar refractivity (Wildman–Crippen MR) is 170 cm³/mol. The fraction of sp³-hybridized carbons (Fsp3) is 0.639. The van der Waals surface area contributed by atoms with Gasteiger partial charge in [-0.25, -0.2) is 13.8 Å². The van der Waals surface area contributed by atoms with Crippen molar-refractivity contribution < 1.29 is 22.0 Å². The van der Waals surface area contributed by atoms with Crippen LogP contribution in [0.25, 0.3) is 5.57 Å². The van der Waals surface area contributed by atoms with E-state index in [-0.39, 0.29) is 54.7 Å². The summed E-state index contributed by atoms with van der Waals surface area (Å²) >= 11 is 0. The summed E-state index contributed by atoms with van der Waals surface area (Å²) in [6, 6.07) is 8.45. The molecule has 242 valence electrons. The molecule has 0 aromatic heterocycles. The summed E-state index contributed by atoms with van der Waals surface area (Å²) in [4.78, 5) is 16.3. The fourth-order valence-electron chi connectivity index (χ4n) is 8.82. The largest absolute Gasteiger partial charge is 0.399 e. The molecule has 2 bridgehead atoms. The van der Waals surface area contributed by atoms with E-state index in [0.29, 0.717) is 31.8 Å². The number of halogens is 5. The third kappa shape index (κ3) is 5.50. The second-order valence-electron chi connectivity index (χ2n) is 14.7. The quantitative estimate of drug-likeness (QED) is 0.239. The molecule has 4 aliphatic carbocycles. The summed E-state index contributed by atoms with van der Waals surface area (Å²) in [6.45, 7) is 8.11. The Morgan fingerprint density at radius 1 is 0.978 bits per heavy atom. The van der Waals surface area contributed by atoms with Crippen molar-refractivity contribution in [2.45, 2.75) is 102 Å². The monoisotopic (exact) mass is 626 g/mol. The van der Waals surface area contributed by atoms with Crippen LogP contribution in [0.1, 0.15) is 96.0 Å². The number of aliphatic imine (C=N–C) groups is 3. The Bertz CT molecular complexity index is 1480. The number of nitrogens with zero attached hydrogens (tertiary/aromatic N) is 4. The van der Waals surface area contributed by atoms with Gasteiger partial charge in [-0.15, -0.1) is 0 Å². The van der Waals surface area contributed by atoms with E-state index in [4.69, 9.17) is 4.99 Å². The van der Waals surface area contributed by atoms with Crippen LogP contribution >= 0.6 is 0 Å². The number of alkyl halides is 5. The van der Waals surface area contributed by atoms with Crippen molar-refractivity contribution in [1.29, 1.82) is 0 Å². The first-order valence-electron chi connectivity index (χ1n) is 16.7. The number of amidine groups is 1. The molecule has 0 atom stereocenters. The standard InChI is InChI=1S/C36H43F5N4/c1-3-5-28-18-27(20-42-28)26-6-4-7-29(19-26)45(24(2)25-8-10-35(37,38)11-9-25)23-32-12-14-33(22-32,15-13-32)31-43-21-30(44-31)34(16-17-34)36(39,40)41/h4,6-7,18-19,25H,2-3,5,8-17,20-23H2,1H3. The summed E-state index contributed by atoms with van der Waals surface area (Å²) < 4.78 is 69.9. The van der Waals surface area contributed by atoms with Crippen molar-refractivity contribution in [3.63, 3.8) is 0 Å². The van der Waals surface area contributed by atoms with Crippen molar-refractivity contribution in [2.24, 2.45) is 37.1 Å². The minimum atomic E-state index is -4.28. The molecule has 0 amide bonds. The molecule has 9 heteroatoms. The number of rotatable bonds is 10. The summed E-state index contributed by atoms with van der Waals surface area (Å²) in [5.41, 5.74) is 3.41. The van der Waals surface area contributed by atoms with Crippen LogP contribution in [0.15, 0.2) is 57.6 Å². The molecule has 6 aliphatic rings. The average molecular weight is 627 g/mol. The normalized spacial score (nSPS) is 30.2. The van der Waals surface area contributed by atoms with Crippen LogP contribution in [-0.2, 0) is 0 Å². The van der Waals surface area contributed by atoms with Crippen molar-refractivity contribution in [2.75, 3.05) is 24.5 Å². The smallest absolute Gasteiger partial charge is 0.345 e. The lowest BCUT2D eigenvalue weighted by atomic mass is 9.80. The number of hydrogen-bond acceptors (Lipinski definition) is 4. The Morgan fingerprint density at radius 2 is 1.71 bits per heavy atom. The predicted octanol–water partition coefficient (Wildman–Crippen LogP) is 9.62. The average Bonchev–Trinajstić information content (AvgIpc) is 3.37. The van der Waals surface area contributed by atoms with E-state index in [2.05, 4.69) is 58.7 Å². The molecule has 0 radical (unpaired) electrons. The van der Waals surface area contributed by atoms with E-state index in [1.54, 1.807) is 0 Å². The van der Waals surface area contributed by atoms with Gasteiger partial charge in [-0.3, -0.25) is 9.98 Å². The highest BCUT2D eigenvalue weighted by Gasteiger charge is 2.67. The van der Waals surface area contributed by atoms with Crippen LogP contribution in [0, 0.1) is 22.2 Å². The highest BCUT2D eigenvalue weighted by molar-refractivity contribution is 6.10. The zero-order chi connectivity index (χ0) is 31.7. The SMILES string of the molecule is C=C(C1CCC(F)(F)CC1)N(CC12CCC(C3=NCC(C4(C(F)(F)F)CC4)=N3)(CC1)C2)c1cccc(C2=CC(CCC)=NC2)c1. The van der Waals surface area contributed by atoms with Crippen LogP contribution in [0.5, 0.6) is 0 Å². The van der Waals surface area contributed by atoms with Gasteiger partial charge in [-0.1, -0.05) is 32.1 Å². The zero-order valence-electron chi connectivity index (χ0n) is 26.2. The molecule has 2 aliphatic heterocycles. The Labute approximate surface area is 262 Å². The molecule has 7 rings (SSSR count). The molecule has 0 spiro atoms. The maximum atomic E-state index is 14.1. The first-order valence-corrected chi connectivity index (χ1v) is 16.7. The van der Waals surface area contributed by atoms with E-state index >= 15 is 0 Å². The van der Waals surface area contributed by atoms with Gasteiger partial charge < -0.3 is 4.90 Å². The van der Waals surface area contributed by atoms with Gasteiger partial charge in [0.15, 0.2) is 0 Å². The first-order chi connectivity index (χ1) is 21.4. The van der Waals surface area contributed by atoms with Gasteiger partial charge in [0.05, 0.1) is 18.8 Å². The topological polar surface area (TPSA) is 40.3 Å². The minimum Gasteiger partial charge on any atom is -0.345 e. The second-order valence-corrected chi connectivity index (χ2v) is 14.7. The summed E-state index contributed by atoms with van der Waals surface area (Å²) in [5, 5.41) is 0. The van der Waals surface area contributed by atoms with Gasteiger partial charge in [0.1, 0.15) is 11.3 Å². The first kappa shape index (κ1) is 30.8. The maximum absolute atomic E-state index is 14.1. The van der Waals surface area contributed by atoms with Crippen molar-refractivity contribution in [3.8, 4) is 0 Å². The molecule has 1 aromatic rings. The van der Waals surface area contributed by atoms with Gasteiger partial charge in [0, 0.05) is 41.9 Å². The van der Waals surface area contributed by atoms with Crippen LogP contribution in [0.3, 0.4) is 0 Å². The van der Waals surface area contributed by atoms with Gasteiger partial charge in [0.25, 0.3) is 0 Å². The van der Waals surface area contributed by atoms with Crippen molar-refractivity contribution in [1.82, 2.24) is 0 Å². The van der Waals surface area contributed by atoms with Gasteiger partial charge in [0.2, 0.25) is 5.92 Å². The van der Waals surface area contributed by atoms with Gasteiger partial charge >= 0.3 is 6.18 Å². The molecule has 4 saturated carbocycles. The Balaban J connectivity index is 1.14. The highest BCUT2D eigenvalue weighted by Crippen LogP contribution is 2.64. The Kier molecular flexibility index (Phi) is 7.44. The summed E-state index contributed by atoms with van der Waals surface area (Å²) in [6.07, 6.45) is 5.15. The lowest BCUT2D eigenvalue weighted by molar-refractivity contribution is -0.165. The molecule has 2 heterocycles. The lowest BCUT2D eigenvalue weighted by Crippen LogP contribution is -2.38. The van der Waals surface area contributed by atoms with Gasteiger partial charge in [-0.2, -0.15) is 13.2 Å². The fourth-order valence-corrected chi connectivity index (χ4v) is 8.82. The second kappa shape index (κ2) is 10.9. The number of hydrogen-bond donors (Lipinski definition) is 0. The number of fused-ring (bicyclic) bond motifs is 2. The molecule has 0 saturated heterocycles. The molecular formula is C36H43F5N4. The third-order valence-electron chi connectivity index (χ3n) is 11.8. The summed E-state index contributed by atoms with van der Waals surface area (Å²) in [7, 11) is 0. The molecule has 0 N–H and O–H groups in total. The van der Waals surface area contributed by atoms with E-state index in [0.717, 1.165) is 67.6 Å². The Morgan fingerprint density at radius 3 is 2.38 bits per heavy atom. The lowest BCUT2D eigenvalue weighted by Gasteiger charge is -2.40. The molecule has 4 nitrogen and oxygen atoms in total. The molecule has 1 aromatic carbocycles. The van der Waals surface area contributed by atoms with Crippen LogP contribution in [-0.4, -0.2) is 49.0 Å². The molecular weight excluding hydrogens is 583 g/mol. The van der Waals surface area contributed by atoms with Crippen LogP contribution in [0.2, 0.25) is 0 Å². The summed E-state index contributed by atoms with van der Waals surface area (Å²) in [5.74, 6) is -2.01. The van der Waals surface area contributed by atoms with Crippen molar-refractivity contribution >= 4 is 28.5 Å². The molecule has 45 heavy (non-hydrogen) atoms. The zero-order valence-corrected chi connectivity index (χ0v) is 26.2. The maximum Gasteiger partial charge on any atom is 0.399 e. The van der Waals surface area contributed by atoms with Gasteiger partial charge in [-0.05, 0) is 105 Å². The molecule has 4 fully saturated rings. The third-order valence-corrected chi connectivity index (χ3v) is 11.8. The number of anilines is 1. The Hall–Kier alpha value is -2.84. The van der Waals surface area contributed by atoms with Crippen LogP contribution < -0.4 is 4.90 Å².